The number of likely N-dealkylation sites (tertiary alicyclic amines) is 1. The number of carbonyl (C=O) groups is 2. The number of rotatable bonds is 2. The second-order valence-electron chi connectivity index (χ2n) is 5.27. The number of aromatic nitrogens is 1. The third kappa shape index (κ3) is 2.21. The number of benzene rings is 1. The van der Waals surface area contributed by atoms with Crippen molar-refractivity contribution >= 4 is 28.4 Å². The summed E-state index contributed by atoms with van der Waals surface area (Å²) in [5, 5.41) is 10.4. The number of nitrogens with one attached hydrogen (secondary N) is 1. The van der Waals surface area contributed by atoms with Crippen molar-refractivity contribution in [2.24, 2.45) is 5.73 Å². The average Bonchev–Trinajstić information content (AvgIpc) is 3.01. The summed E-state index contributed by atoms with van der Waals surface area (Å²) in [5.74, 6) is -0.935. The number of carbonyl (C=O) groups excluding carboxylic acids is 2. The van der Waals surface area contributed by atoms with Gasteiger partial charge in [-0.2, -0.15) is 0 Å². The molecule has 7 nitrogen and oxygen atoms in total. The molecule has 0 radical (unpaired) electrons. The minimum absolute atomic E-state index is 0.105. The second-order valence-corrected chi connectivity index (χ2v) is 5.27. The van der Waals surface area contributed by atoms with Gasteiger partial charge in [0.25, 0.3) is 5.91 Å². The fraction of sp³-hybridized carbons (Fsp3) is 0.286. The van der Waals surface area contributed by atoms with E-state index in [1.165, 1.54) is 4.90 Å². The van der Waals surface area contributed by atoms with Crippen LogP contribution in [0.25, 0.3) is 10.9 Å². The number of aliphatic hydroxyl groups excluding tert-OH is 1. The Morgan fingerprint density at radius 2 is 2.14 bits per heavy atom. The normalized spacial score (nSPS) is 21.9. The van der Waals surface area contributed by atoms with Crippen LogP contribution in [0.5, 0.6) is 0 Å². The van der Waals surface area contributed by atoms with Gasteiger partial charge in [0.2, 0.25) is 5.91 Å². The van der Waals surface area contributed by atoms with Crippen molar-refractivity contribution in [2.75, 3.05) is 12.3 Å². The SMILES string of the molecule is NC(=O)C1CC(O)CN1C(=O)c1c[nH]c2cc(N)ccc12. The lowest BCUT2D eigenvalue weighted by molar-refractivity contribution is -0.121. The van der Waals surface area contributed by atoms with E-state index in [0.29, 0.717) is 11.3 Å². The van der Waals surface area contributed by atoms with E-state index in [2.05, 4.69) is 4.98 Å². The molecule has 21 heavy (non-hydrogen) atoms. The van der Waals surface area contributed by atoms with Crippen LogP contribution in [-0.2, 0) is 4.79 Å². The quantitative estimate of drug-likeness (QED) is 0.571. The third-order valence-electron chi connectivity index (χ3n) is 3.80. The van der Waals surface area contributed by atoms with Gasteiger partial charge in [-0.1, -0.05) is 0 Å². The molecule has 0 spiro atoms. The van der Waals surface area contributed by atoms with Crippen LogP contribution in [0.15, 0.2) is 24.4 Å². The fourth-order valence-corrected chi connectivity index (χ4v) is 2.78. The number of anilines is 1. The molecule has 2 atom stereocenters. The maximum Gasteiger partial charge on any atom is 0.256 e. The highest BCUT2D eigenvalue weighted by Crippen LogP contribution is 2.25. The number of fused-ring (bicyclic) bond motifs is 1. The zero-order chi connectivity index (χ0) is 15.1. The van der Waals surface area contributed by atoms with E-state index in [4.69, 9.17) is 11.5 Å². The van der Waals surface area contributed by atoms with Crippen LogP contribution in [0.4, 0.5) is 5.69 Å². The number of nitrogens with two attached hydrogens (primary N) is 2. The van der Waals surface area contributed by atoms with Crippen molar-refractivity contribution in [1.82, 2.24) is 9.88 Å². The highest BCUT2D eigenvalue weighted by Gasteiger charge is 2.38. The Bertz CT molecular complexity index is 724. The Morgan fingerprint density at radius 3 is 2.86 bits per heavy atom. The van der Waals surface area contributed by atoms with Crippen molar-refractivity contribution in [3.05, 3.63) is 30.0 Å². The topological polar surface area (TPSA) is 125 Å². The summed E-state index contributed by atoms with van der Waals surface area (Å²) in [6, 6.07) is 4.42. The van der Waals surface area contributed by atoms with Gasteiger partial charge in [0.1, 0.15) is 6.04 Å². The first kappa shape index (κ1) is 13.4. The highest BCUT2D eigenvalue weighted by atomic mass is 16.3. The molecule has 1 fully saturated rings. The van der Waals surface area contributed by atoms with Gasteiger partial charge in [0.05, 0.1) is 11.7 Å². The molecule has 110 valence electrons. The van der Waals surface area contributed by atoms with Crippen LogP contribution in [0.2, 0.25) is 0 Å². The van der Waals surface area contributed by atoms with Crippen LogP contribution in [0.1, 0.15) is 16.8 Å². The fourth-order valence-electron chi connectivity index (χ4n) is 2.78. The van der Waals surface area contributed by atoms with Crippen LogP contribution in [-0.4, -0.2) is 45.5 Å². The molecule has 0 aliphatic carbocycles. The van der Waals surface area contributed by atoms with Crippen molar-refractivity contribution < 1.29 is 14.7 Å². The Labute approximate surface area is 120 Å². The minimum Gasteiger partial charge on any atom is -0.399 e. The Morgan fingerprint density at radius 1 is 1.38 bits per heavy atom. The molecule has 3 rings (SSSR count). The zero-order valence-electron chi connectivity index (χ0n) is 11.2. The second kappa shape index (κ2) is 4.78. The number of primary amides is 1. The highest BCUT2D eigenvalue weighted by molar-refractivity contribution is 6.08. The third-order valence-corrected chi connectivity index (χ3v) is 3.80. The van der Waals surface area contributed by atoms with Crippen molar-refractivity contribution in [2.45, 2.75) is 18.6 Å². The lowest BCUT2D eigenvalue weighted by Gasteiger charge is -2.21. The predicted octanol–water partition coefficient (Wildman–Crippen LogP) is -0.189. The average molecular weight is 288 g/mol. The maximum absolute atomic E-state index is 12.6. The number of nitrogens with zero attached hydrogens (tertiary/aromatic N) is 1. The predicted molar refractivity (Wildman–Crippen MR) is 77.4 cm³/mol. The molecular weight excluding hydrogens is 272 g/mol. The number of H-pyrrole nitrogens is 1. The van der Waals surface area contributed by atoms with Gasteiger partial charge in [0.15, 0.2) is 0 Å². The van der Waals surface area contributed by atoms with Gasteiger partial charge in [-0.05, 0) is 18.2 Å². The van der Waals surface area contributed by atoms with Gasteiger partial charge in [-0.3, -0.25) is 9.59 Å². The molecule has 1 aliphatic heterocycles. The molecule has 1 aromatic carbocycles. The van der Waals surface area contributed by atoms with Crippen LogP contribution in [0, 0.1) is 0 Å². The summed E-state index contributed by atoms with van der Waals surface area (Å²) in [4.78, 5) is 28.4. The van der Waals surface area contributed by atoms with E-state index in [-0.39, 0.29) is 18.9 Å². The van der Waals surface area contributed by atoms with E-state index in [1.54, 1.807) is 24.4 Å². The first-order valence-electron chi connectivity index (χ1n) is 6.62. The molecule has 2 heterocycles. The number of hydrogen-bond donors (Lipinski definition) is 4. The smallest absolute Gasteiger partial charge is 0.256 e. The number of aliphatic hydroxyl groups is 1. The zero-order valence-corrected chi connectivity index (χ0v) is 11.2. The number of nitrogen functional groups attached to an aromatic ring is 1. The summed E-state index contributed by atoms with van der Waals surface area (Å²) >= 11 is 0. The minimum atomic E-state index is -0.772. The summed E-state index contributed by atoms with van der Waals surface area (Å²) in [7, 11) is 0. The van der Waals surface area contributed by atoms with E-state index >= 15 is 0 Å². The van der Waals surface area contributed by atoms with Gasteiger partial charge >= 0.3 is 0 Å². The Hall–Kier alpha value is -2.54. The number of β-amino-alcohol motifs (C(OH)–C–C–N with tert-alkyl or cyclic N) is 1. The summed E-state index contributed by atoms with van der Waals surface area (Å²) in [6.45, 7) is 0.105. The Balaban J connectivity index is 1.98. The van der Waals surface area contributed by atoms with E-state index in [1.807, 2.05) is 0 Å². The van der Waals surface area contributed by atoms with E-state index in [0.717, 1.165) is 10.9 Å². The molecule has 0 bridgehead atoms. The monoisotopic (exact) mass is 288 g/mol. The molecular formula is C14H16N4O3. The molecule has 6 N–H and O–H groups in total. The van der Waals surface area contributed by atoms with E-state index in [9.17, 15) is 14.7 Å². The number of aromatic amines is 1. The molecule has 1 aliphatic rings. The summed E-state index contributed by atoms with van der Waals surface area (Å²) in [6.07, 6.45) is 1.03. The van der Waals surface area contributed by atoms with Gasteiger partial charge in [-0.15, -0.1) is 0 Å². The number of amides is 2. The molecule has 2 unspecified atom stereocenters. The van der Waals surface area contributed by atoms with Crippen LogP contribution >= 0.6 is 0 Å². The molecule has 0 saturated carbocycles. The lowest BCUT2D eigenvalue weighted by atomic mass is 10.1. The van der Waals surface area contributed by atoms with Gasteiger partial charge < -0.3 is 26.5 Å². The standard InChI is InChI=1S/C14H16N4O3/c15-7-1-2-9-10(5-17-11(9)3-7)14(21)18-6-8(19)4-12(18)13(16)20/h1-3,5,8,12,17,19H,4,6,15H2,(H2,16,20). The molecule has 2 aromatic rings. The van der Waals surface area contributed by atoms with Crippen LogP contribution < -0.4 is 11.5 Å². The first-order valence-corrected chi connectivity index (χ1v) is 6.62. The van der Waals surface area contributed by atoms with Crippen molar-refractivity contribution in [3.8, 4) is 0 Å². The summed E-state index contributed by atoms with van der Waals surface area (Å²) < 4.78 is 0. The summed E-state index contributed by atoms with van der Waals surface area (Å²) in [5.41, 5.74) is 12.8. The Kier molecular flexibility index (Phi) is 3.06. The first-order chi connectivity index (χ1) is 9.97. The van der Waals surface area contributed by atoms with Gasteiger partial charge in [-0.25, -0.2) is 0 Å². The van der Waals surface area contributed by atoms with Crippen LogP contribution in [0.3, 0.4) is 0 Å². The van der Waals surface area contributed by atoms with Crippen molar-refractivity contribution in [1.29, 1.82) is 0 Å². The molecule has 1 aromatic heterocycles. The maximum atomic E-state index is 12.6. The molecule has 1 saturated heterocycles. The van der Waals surface area contributed by atoms with Gasteiger partial charge in [0, 0.05) is 35.8 Å². The number of hydrogen-bond acceptors (Lipinski definition) is 4. The molecule has 2 amide bonds. The lowest BCUT2D eigenvalue weighted by Crippen LogP contribution is -2.43. The molecule has 7 heteroatoms. The van der Waals surface area contributed by atoms with Crippen molar-refractivity contribution in [3.63, 3.8) is 0 Å². The largest absolute Gasteiger partial charge is 0.399 e. The van der Waals surface area contributed by atoms with E-state index < -0.39 is 18.1 Å².